The van der Waals surface area contributed by atoms with E-state index >= 15 is 0 Å². The van der Waals surface area contributed by atoms with Gasteiger partial charge in [0.2, 0.25) is 22.6 Å². The highest BCUT2D eigenvalue weighted by molar-refractivity contribution is 6.35. The van der Waals surface area contributed by atoms with E-state index in [0.717, 1.165) is 23.9 Å². The fourth-order valence-corrected chi connectivity index (χ4v) is 7.62. The van der Waals surface area contributed by atoms with Gasteiger partial charge in [-0.3, -0.25) is 34.7 Å². The first kappa shape index (κ1) is 41.6. The van der Waals surface area contributed by atoms with Gasteiger partial charge in [0, 0.05) is 53.4 Å². The van der Waals surface area contributed by atoms with Crippen LogP contribution < -0.4 is 19.2 Å². The Balaban J connectivity index is 0.884. The minimum atomic E-state index is -1.20. The number of ketones is 2. The third-order valence-corrected chi connectivity index (χ3v) is 10.6. The number of fused-ring (bicyclic) bond motifs is 1. The van der Waals surface area contributed by atoms with E-state index in [1.807, 2.05) is 33.7 Å². The number of hydrogen-bond acceptors (Lipinski definition) is 15. The molecule has 62 heavy (non-hydrogen) atoms. The number of benzene rings is 4. The number of nitrogens with zero attached hydrogens (tertiary/aromatic N) is 8. The standard InChI is InChI=1S/C40H32Cl2N8O12/c41-25-4-9-30(31(42)18-25)40(23-45-13-12-43-24-45)59-22-28(61-40)21-58-27-7-5-26(6-8-27)46-14-16-47(17-15-46)50(57)44-62-38-20-37(32(48(53)54)19-33(38)49(55)56)60-36-3-1-2-29-34(51)10-11-35(52)39(29)36/h1-13,18-20,24,28H,14-17,21-23H2/b50-44-. The van der Waals surface area contributed by atoms with Gasteiger partial charge < -0.3 is 33.6 Å². The second-order valence-corrected chi connectivity index (χ2v) is 14.8. The molecule has 0 amide bonds. The third kappa shape index (κ3) is 8.70. The van der Waals surface area contributed by atoms with Crippen LogP contribution in [0.2, 0.25) is 10.0 Å². The van der Waals surface area contributed by atoms with Gasteiger partial charge in [0.15, 0.2) is 11.6 Å². The first-order valence-corrected chi connectivity index (χ1v) is 19.5. The molecule has 2 atom stereocenters. The Labute approximate surface area is 360 Å². The molecule has 2 unspecified atom stereocenters. The van der Waals surface area contributed by atoms with Gasteiger partial charge in [-0.15, -0.1) is 5.01 Å². The summed E-state index contributed by atoms with van der Waals surface area (Å²) in [7, 11) is 0. The van der Waals surface area contributed by atoms with Crippen molar-refractivity contribution < 1.29 is 48.2 Å². The molecule has 3 aliphatic rings. The van der Waals surface area contributed by atoms with Crippen molar-refractivity contribution in [2.24, 2.45) is 5.28 Å². The molecule has 318 valence electrons. The largest absolute Gasteiger partial charge is 0.569 e. The Morgan fingerprint density at radius 1 is 0.871 bits per heavy atom. The molecule has 0 N–H and O–H groups in total. The van der Waals surface area contributed by atoms with Gasteiger partial charge in [-0.1, -0.05) is 41.4 Å². The predicted octanol–water partition coefficient (Wildman–Crippen LogP) is 7.07. The van der Waals surface area contributed by atoms with Crippen molar-refractivity contribution in [1.29, 1.82) is 0 Å². The van der Waals surface area contributed by atoms with Crippen molar-refractivity contribution in [3.8, 4) is 23.0 Å². The zero-order valence-corrected chi connectivity index (χ0v) is 33.6. The molecule has 2 fully saturated rings. The number of aromatic nitrogens is 2. The minimum Gasteiger partial charge on any atom is -0.569 e. The molecule has 22 heteroatoms. The smallest absolute Gasteiger partial charge is 0.321 e. The van der Waals surface area contributed by atoms with Crippen molar-refractivity contribution in [3.05, 3.63) is 156 Å². The third-order valence-electron chi connectivity index (χ3n) is 10.1. The molecule has 0 bridgehead atoms. The Kier molecular flexibility index (Phi) is 11.7. The molecule has 2 saturated heterocycles. The van der Waals surface area contributed by atoms with E-state index in [1.165, 1.54) is 23.2 Å². The number of anilines is 1. The van der Waals surface area contributed by atoms with Gasteiger partial charge in [-0.25, -0.2) is 4.98 Å². The fourth-order valence-electron chi connectivity index (χ4n) is 7.07. The topological polar surface area (TPSA) is 229 Å². The molecule has 2 aliphatic heterocycles. The Morgan fingerprint density at radius 3 is 2.32 bits per heavy atom. The van der Waals surface area contributed by atoms with E-state index in [4.69, 9.17) is 47.0 Å². The molecule has 20 nitrogen and oxygen atoms in total. The summed E-state index contributed by atoms with van der Waals surface area (Å²) in [6.07, 6.45) is 6.80. The highest BCUT2D eigenvalue weighted by Crippen LogP contribution is 2.43. The number of imidazole rings is 1. The van der Waals surface area contributed by atoms with Crippen molar-refractivity contribution in [1.82, 2.24) is 14.6 Å². The second-order valence-electron chi connectivity index (χ2n) is 14.0. The minimum absolute atomic E-state index is 0.00738. The molecule has 0 saturated carbocycles. The van der Waals surface area contributed by atoms with Gasteiger partial charge >= 0.3 is 11.4 Å². The lowest BCUT2D eigenvalue weighted by Crippen LogP contribution is -2.49. The average molecular weight is 888 g/mol. The van der Waals surface area contributed by atoms with Crippen LogP contribution in [-0.4, -0.2) is 86.4 Å². The van der Waals surface area contributed by atoms with Crippen LogP contribution >= 0.6 is 23.2 Å². The number of hydrazine groups is 1. The van der Waals surface area contributed by atoms with Gasteiger partial charge in [0.1, 0.15) is 30.3 Å². The molecular formula is C40H32Cl2N8O12. The average Bonchev–Trinajstić information content (AvgIpc) is 3.94. The number of halogens is 2. The molecule has 3 heterocycles. The van der Waals surface area contributed by atoms with E-state index in [1.54, 1.807) is 36.9 Å². The lowest BCUT2D eigenvalue weighted by Gasteiger charge is -2.33. The normalized spacial score (nSPS) is 18.7. The first-order valence-electron chi connectivity index (χ1n) is 18.7. The fraction of sp³-hybridized carbons (Fsp3) is 0.225. The number of nitro groups is 2. The van der Waals surface area contributed by atoms with E-state index in [2.05, 4.69) is 10.3 Å². The van der Waals surface area contributed by atoms with E-state index < -0.39 is 56.2 Å². The van der Waals surface area contributed by atoms with Crippen molar-refractivity contribution in [3.63, 3.8) is 0 Å². The van der Waals surface area contributed by atoms with E-state index in [9.17, 15) is 35.0 Å². The molecular weight excluding hydrogens is 855 g/mol. The zero-order chi connectivity index (χ0) is 43.5. The summed E-state index contributed by atoms with van der Waals surface area (Å²) in [4.78, 5) is 58.4. The van der Waals surface area contributed by atoms with E-state index in [-0.39, 0.29) is 48.1 Å². The summed E-state index contributed by atoms with van der Waals surface area (Å²) in [5.41, 5.74) is -0.383. The molecule has 0 spiro atoms. The summed E-state index contributed by atoms with van der Waals surface area (Å²) in [5, 5.41) is 42.5. The van der Waals surface area contributed by atoms with Crippen molar-refractivity contribution in [2.45, 2.75) is 18.4 Å². The molecule has 4 aromatic carbocycles. The number of carbonyl (C=O) groups excluding carboxylic acids is 2. The molecule has 8 rings (SSSR count). The molecule has 5 aromatic rings. The van der Waals surface area contributed by atoms with Crippen LogP contribution in [0.1, 0.15) is 26.3 Å². The van der Waals surface area contributed by atoms with Crippen LogP contribution in [-0.2, 0) is 21.8 Å². The van der Waals surface area contributed by atoms with Crippen molar-refractivity contribution in [2.75, 3.05) is 44.3 Å². The van der Waals surface area contributed by atoms with Crippen LogP contribution in [0, 0.1) is 25.4 Å². The molecule has 0 radical (unpaired) electrons. The van der Waals surface area contributed by atoms with Crippen LogP contribution in [0.4, 0.5) is 17.1 Å². The Morgan fingerprint density at radius 2 is 1.61 bits per heavy atom. The first-order chi connectivity index (χ1) is 29.9. The van der Waals surface area contributed by atoms with E-state index in [0.29, 0.717) is 47.1 Å². The summed E-state index contributed by atoms with van der Waals surface area (Å²) in [6, 6.07) is 18.0. The predicted molar refractivity (Wildman–Crippen MR) is 218 cm³/mol. The Hall–Kier alpha value is -7.13. The Bertz CT molecular complexity index is 2620. The number of allylic oxidation sites excluding steroid dienone is 2. The second kappa shape index (κ2) is 17.5. The van der Waals surface area contributed by atoms with Crippen LogP contribution in [0.25, 0.3) is 0 Å². The van der Waals surface area contributed by atoms with Gasteiger partial charge in [0.05, 0.1) is 58.0 Å². The quantitative estimate of drug-likeness (QED) is 0.0470. The lowest BCUT2D eigenvalue weighted by atomic mass is 9.94. The molecule has 1 aliphatic carbocycles. The number of hydrogen-bond donors (Lipinski definition) is 0. The molecule has 1 aromatic heterocycles. The summed E-state index contributed by atoms with van der Waals surface area (Å²) in [6.45, 7) is 1.87. The summed E-state index contributed by atoms with van der Waals surface area (Å²) < 4.78 is 26.3. The lowest BCUT2D eigenvalue weighted by molar-refractivity contribution is -0.707. The summed E-state index contributed by atoms with van der Waals surface area (Å²) >= 11 is 12.7. The number of nitro benzene ring substituents is 2. The summed E-state index contributed by atoms with van der Waals surface area (Å²) in [5.74, 6) is -3.12. The monoisotopic (exact) mass is 886 g/mol. The van der Waals surface area contributed by atoms with Crippen molar-refractivity contribution >= 4 is 51.8 Å². The van der Waals surface area contributed by atoms with Crippen LogP contribution in [0.3, 0.4) is 0 Å². The van der Waals surface area contributed by atoms with Gasteiger partial charge in [0.25, 0.3) is 0 Å². The maximum Gasteiger partial charge on any atom is 0.321 e. The number of piperazine rings is 1. The number of ether oxygens (including phenoxy) is 4. The zero-order valence-electron chi connectivity index (χ0n) is 32.1. The van der Waals surface area contributed by atoms with Gasteiger partial charge in [-0.05, 0) is 54.6 Å². The van der Waals surface area contributed by atoms with Crippen LogP contribution in [0.5, 0.6) is 23.0 Å². The maximum absolute atomic E-state index is 13.0. The number of rotatable bonds is 14. The number of carbonyl (C=O) groups is 2. The van der Waals surface area contributed by atoms with Gasteiger partial charge in [-0.2, -0.15) is 0 Å². The highest BCUT2D eigenvalue weighted by atomic mass is 35.5. The highest BCUT2D eigenvalue weighted by Gasteiger charge is 2.45. The maximum atomic E-state index is 13.0. The SMILES string of the molecule is O=C1C=CC(=O)c2c(Oc3cc(O/N=[N+](\[O-])N4CCN(c5ccc(OCC6COC(Cn7ccnc7)(c7ccc(Cl)cc7Cl)O6)cc5)CC4)c([N+](=O)[O-])cc3[N+](=O)[O-])cccc21. The van der Waals surface area contributed by atoms with Crippen LogP contribution in [0.15, 0.2) is 109 Å².